The molecule has 0 fully saturated rings. The predicted octanol–water partition coefficient (Wildman–Crippen LogP) is 2.72. The Balaban J connectivity index is 1.83. The molecule has 0 aliphatic carbocycles. The van der Waals surface area contributed by atoms with Crippen LogP contribution >= 0.6 is 15.9 Å². The van der Waals surface area contributed by atoms with Crippen LogP contribution in [0.3, 0.4) is 0 Å². The van der Waals surface area contributed by atoms with E-state index in [1.165, 1.54) is 0 Å². The van der Waals surface area contributed by atoms with Gasteiger partial charge >= 0.3 is 0 Å². The number of nitrogens with one attached hydrogen (secondary N) is 1. The molecule has 0 bridgehead atoms. The Morgan fingerprint density at radius 3 is 2.62 bits per heavy atom. The van der Waals surface area contributed by atoms with E-state index >= 15 is 0 Å². The van der Waals surface area contributed by atoms with Gasteiger partial charge in [0.2, 0.25) is 10.0 Å². The van der Waals surface area contributed by atoms with Gasteiger partial charge in [0.25, 0.3) is 0 Å². The van der Waals surface area contributed by atoms with Gasteiger partial charge in [-0.15, -0.1) is 0 Å². The summed E-state index contributed by atoms with van der Waals surface area (Å²) in [6.07, 6.45) is 5.22. The number of rotatable bonds is 5. The van der Waals surface area contributed by atoms with Crippen LogP contribution in [0.4, 0.5) is 0 Å². The van der Waals surface area contributed by atoms with Crippen LogP contribution in [0, 0.1) is 0 Å². The number of hydrogen-bond donors (Lipinski definition) is 1. The van der Waals surface area contributed by atoms with Crippen molar-refractivity contribution in [3.8, 4) is 11.3 Å². The molecular formula is C16H15BrN4O2S. The Morgan fingerprint density at radius 2 is 1.96 bits per heavy atom. The summed E-state index contributed by atoms with van der Waals surface area (Å²) >= 11 is 3.29. The number of sulfonamides is 1. The number of halogens is 1. The predicted molar refractivity (Wildman–Crippen MR) is 94.6 cm³/mol. The van der Waals surface area contributed by atoms with Crippen molar-refractivity contribution in [3.63, 3.8) is 0 Å². The Bertz CT molecular complexity index is 952. The third-order valence-corrected chi connectivity index (χ3v) is 5.39. The van der Waals surface area contributed by atoms with Gasteiger partial charge in [0, 0.05) is 36.0 Å². The summed E-state index contributed by atoms with van der Waals surface area (Å²) in [5, 5.41) is 4.13. The zero-order chi connectivity index (χ0) is 17.2. The maximum atomic E-state index is 12.4. The van der Waals surface area contributed by atoms with Gasteiger partial charge in [0.1, 0.15) is 0 Å². The van der Waals surface area contributed by atoms with E-state index in [0.29, 0.717) is 5.69 Å². The minimum absolute atomic E-state index is 0.149. The molecule has 6 nitrogen and oxygen atoms in total. The fraction of sp³-hybridized carbons (Fsp3) is 0.125. The van der Waals surface area contributed by atoms with Crippen LogP contribution in [0.25, 0.3) is 11.3 Å². The zero-order valence-electron chi connectivity index (χ0n) is 12.8. The highest BCUT2D eigenvalue weighted by Crippen LogP contribution is 2.21. The lowest BCUT2D eigenvalue weighted by Gasteiger charge is -2.09. The molecule has 2 aromatic heterocycles. The summed E-state index contributed by atoms with van der Waals surface area (Å²) in [6.45, 7) is 0.149. The van der Waals surface area contributed by atoms with E-state index in [4.69, 9.17) is 0 Å². The molecule has 0 spiro atoms. The van der Waals surface area contributed by atoms with E-state index in [9.17, 15) is 8.42 Å². The van der Waals surface area contributed by atoms with Crippen LogP contribution in [0.15, 0.2) is 64.4 Å². The van der Waals surface area contributed by atoms with Crippen LogP contribution in [-0.4, -0.2) is 23.2 Å². The van der Waals surface area contributed by atoms with Gasteiger partial charge in [0.15, 0.2) is 0 Å². The van der Waals surface area contributed by atoms with E-state index < -0.39 is 10.0 Å². The lowest BCUT2D eigenvalue weighted by Crippen LogP contribution is -2.23. The Labute approximate surface area is 148 Å². The molecule has 0 unspecified atom stereocenters. The zero-order valence-corrected chi connectivity index (χ0v) is 15.3. The number of aromatic nitrogens is 3. The Morgan fingerprint density at radius 1 is 1.21 bits per heavy atom. The van der Waals surface area contributed by atoms with Gasteiger partial charge in [-0.2, -0.15) is 5.10 Å². The highest BCUT2D eigenvalue weighted by atomic mass is 79.9. The Hall–Kier alpha value is -2.03. The molecule has 8 heteroatoms. The van der Waals surface area contributed by atoms with E-state index in [-0.39, 0.29) is 11.4 Å². The number of aryl methyl sites for hydroxylation is 1. The molecule has 1 N–H and O–H groups in total. The number of benzene rings is 1. The molecule has 2 heterocycles. The van der Waals surface area contributed by atoms with Crippen LogP contribution < -0.4 is 4.72 Å². The van der Waals surface area contributed by atoms with Crippen LogP contribution in [0.1, 0.15) is 5.56 Å². The first kappa shape index (κ1) is 16.8. The molecule has 24 heavy (non-hydrogen) atoms. The SMILES string of the molecule is Cn1cc(-c2ncccc2CNS(=O)(=O)c2ccc(Br)cc2)cn1. The molecule has 3 aromatic rings. The van der Waals surface area contributed by atoms with Crippen molar-refractivity contribution in [1.82, 2.24) is 19.5 Å². The first-order chi connectivity index (χ1) is 11.5. The van der Waals surface area contributed by atoms with E-state index in [2.05, 4.69) is 30.7 Å². The second-order valence-electron chi connectivity index (χ2n) is 5.19. The molecule has 0 amide bonds. The quantitative estimate of drug-likeness (QED) is 0.706. The fourth-order valence-electron chi connectivity index (χ4n) is 2.25. The molecule has 0 aliphatic heterocycles. The maximum absolute atomic E-state index is 12.4. The monoisotopic (exact) mass is 406 g/mol. The van der Waals surface area contributed by atoms with Crippen LogP contribution in [-0.2, 0) is 23.6 Å². The molecule has 1 aromatic carbocycles. The van der Waals surface area contributed by atoms with Crippen molar-refractivity contribution in [3.05, 3.63) is 65.0 Å². The van der Waals surface area contributed by atoms with Crippen molar-refractivity contribution in [2.75, 3.05) is 0 Å². The average molecular weight is 407 g/mol. The topological polar surface area (TPSA) is 76.9 Å². The first-order valence-corrected chi connectivity index (χ1v) is 9.41. The van der Waals surface area contributed by atoms with Crippen molar-refractivity contribution in [1.29, 1.82) is 0 Å². The largest absolute Gasteiger partial charge is 0.275 e. The second-order valence-corrected chi connectivity index (χ2v) is 7.87. The summed E-state index contributed by atoms with van der Waals surface area (Å²) in [5.74, 6) is 0. The minimum Gasteiger partial charge on any atom is -0.275 e. The van der Waals surface area contributed by atoms with Crippen molar-refractivity contribution < 1.29 is 8.42 Å². The van der Waals surface area contributed by atoms with Crippen molar-refractivity contribution >= 4 is 26.0 Å². The molecule has 0 radical (unpaired) electrons. The number of nitrogens with zero attached hydrogens (tertiary/aromatic N) is 3. The minimum atomic E-state index is -3.59. The van der Waals surface area contributed by atoms with E-state index in [0.717, 1.165) is 15.6 Å². The number of pyridine rings is 1. The summed E-state index contributed by atoms with van der Waals surface area (Å²) in [4.78, 5) is 4.57. The summed E-state index contributed by atoms with van der Waals surface area (Å²) in [5.41, 5.74) is 2.34. The standard InChI is InChI=1S/C16H15BrN4O2S/c1-21-11-13(9-19-21)16-12(3-2-8-18-16)10-20-24(22,23)15-6-4-14(17)5-7-15/h2-9,11,20H,10H2,1H3. The summed E-state index contributed by atoms with van der Waals surface area (Å²) < 4.78 is 29.9. The van der Waals surface area contributed by atoms with Crippen LogP contribution in [0.2, 0.25) is 0 Å². The molecule has 0 atom stereocenters. The summed E-state index contributed by atoms with van der Waals surface area (Å²) in [7, 11) is -1.77. The average Bonchev–Trinajstić information content (AvgIpc) is 3.00. The maximum Gasteiger partial charge on any atom is 0.240 e. The second kappa shape index (κ2) is 6.84. The van der Waals surface area contributed by atoms with E-state index in [1.807, 2.05) is 19.3 Å². The van der Waals surface area contributed by atoms with Gasteiger partial charge < -0.3 is 0 Å². The van der Waals surface area contributed by atoms with Crippen molar-refractivity contribution in [2.24, 2.45) is 7.05 Å². The van der Waals surface area contributed by atoms with E-state index in [1.54, 1.807) is 47.4 Å². The smallest absolute Gasteiger partial charge is 0.240 e. The van der Waals surface area contributed by atoms with Gasteiger partial charge in [0.05, 0.1) is 16.8 Å². The molecule has 3 rings (SSSR count). The van der Waals surface area contributed by atoms with Gasteiger partial charge in [-0.05, 0) is 35.9 Å². The van der Waals surface area contributed by atoms with Crippen LogP contribution in [0.5, 0.6) is 0 Å². The normalized spacial score (nSPS) is 11.6. The lowest BCUT2D eigenvalue weighted by atomic mass is 10.1. The highest BCUT2D eigenvalue weighted by Gasteiger charge is 2.15. The Kier molecular flexibility index (Phi) is 4.79. The molecule has 0 saturated carbocycles. The molecule has 0 aliphatic rings. The lowest BCUT2D eigenvalue weighted by molar-refractivity contribution is 0.581. The van der Waals surface area contributed by atoms with Gasteiger partial charge in [-0.25, -0.2) is 13.1 Å². The van der Waals surface area contributed by atoms with Gasteiger partial charge in [-0.3, -0.25) is 9.67 Å². The molecule has 0 saturated heterocycles. The first-order valence-electron chi connectivity index (χ1n) is 7.14. The summed E-state index contributed by atoms with van der Waals surface area (Å²) in [6, 6.07) is 10.1. The molecular weight excluding hydrogens is 392 g/mol. The third-order valence-electron chi connectivity index (χ3n) is 3.45. The van der Waals surface area contributed by atoms with Crippen molar-refractivity contribution in [2.45, 2.75) is 11.4 Å². The molecule has 124 valence electrons. The fourth-order valence-corrected chi connectivity index (χ4v) is 3.53. The number of hydrogen-bond acceptors (Lipinski definition) is 4. The third kappa shape index (κ3) is 3.72. The van der Waals surface area contributed by atoms with Gasteiger partial charge in [-0.1, -0.05) is 22.0 Å². The highest BCUT2D eigenvalue weighted by molar-refractivity contribution is 9.10.